The van der Waals surface area contributed by atoms with Gasteiger partial charge in [-0.15, -0.1) is 0 Å². The normalized spacial score (nSPS) is 12.8. The van der Waals surface area contributed by atoms with Crippen molar-refractivity contribution in [3.63, 3.8) is 0 Å². The molecule has 0 aliphatic rings. The molecule has 1 atom stereocenters. The zero-order valence-electron chi connectivity index (χ0n) is 9.30. The number of fused-ring (bicyclic) bond motifs is 1. The van der Waals surface area contributed by atoms with Gasteiger partial charge in [-0.1, -0.05) is 24.3 Å². The Hall–Kier alpha value is -2.13. The second-order valence-electron chi connectivity index (χ2n) is 4.05. The first-order valence-corrected chi connectivity index (χ1v) is 5.58. The molecule has 3 heteroatoms. The van der Waals surface area contributed by atoms with Gasteiger partial charge in [-0.3, -0.25) is 4.98 Å². The molecule has 3 nitrogen and oxygen atoms in total. The minimum absolute atomic E-state index is 0.139. The number of pyridine rings is 1. The van der Waals surface area contributed by atoms with Crippen LogP contribution in [0.3, 0.4) is 0 Å². The molecule has 0 bridgehead atoms. The fourth-order valence-electron chi connectivity index (χ4n) is 2.09. The summed E-state index contributed by atoms with van der Waals surface area (Å²) in [4.78, 5) is 7.34. The Morgan fingerprint density at radius 3 is 2.82 bits per heavy atom. The number of rotatable bonds is 2. The number of nitrogens with one attached hydrogen (secondary N) is 1. The fraction of sp³-hybridized carbons (Fsp3) is 0.0714. The van der Waals surface area contributed by atoms with Crippen LogP contribution in [0.2, 0.25) is 0 Å². The van der Waals surface area contributed by atoms with E-state index in [0.29, 0.717) is 0 Å². The number of nitrogens with zero attached hydrogens (tertiary/aromatic N) is 1. The van der Waals surface area contributed by atoms with Crippen LogP contribution in [0, 0.1) is 0 Å². The minimum Gasteiger partial charge on any atom is -0.361 e. The van der Waals surface area contributed by atoms with E-state index in [9.17, 15) is 0 Å². The summed E-state index contributed by atoms with van der Waals surface area (Å²) in [7, 11) is 0. The van der Waals surface area contributed by atoms with Gasteiger partial charge in [0.2, 0.25) is 0 Å². The van der Waals surface area contributed by atoms with Crippen LogP contribution < -0.4 is 5.73 Å². The Bertz CT molecular complexity index is 628. The summed E-state index contributed by atoms with van der Waals surface area (Å²) in [5.41, 5.74) is 9.51. The summed E-state index contributed by atoms with van der Waals surface area (Å²) in [6.45, 7) is 0. The van der Waals surface area contributed by atoms with Crippen molar-refractivity contribution >= 4 is 10.9 Å². The van der Waals surface area contributed by atoms with Crippen LogP contribution in [-0.2, 0) is 0 Å². The molecule has 17 heavy (non-hydrogen) atoms. The topological polar surface area (TPSA) is 54.7 Å². The molecule has 2 aromatic heterocycles. The summed E-state index contributed by atoms with van der Waals surface area (Å²) in [6.07, 6.45) is 5.54. The molecular formula is C14H13N3. The molecule has 0 radical (unpaired) electrons. The first kappa shape index (κ1) is 10.1. The highest BCUT2D eigenvalue weighted by Crippen LogP contribution is 2.26. The molecule has 3 N–H and O–H groups in total. The minimum atomic E-state index is -0.139. The van der Waals surface area contributed by atoms with E-state index in [-0.39, 0.29) is 6.04 Å². The van der Waals surface area contributed by atoms with Gasteiger partial charge in [0.15, 0.2) is 0 Å². The Kier molecular flexibility index (Phi) is 2.38. The van der Waals surface area contributed by atoms with Gasteiger partial charge in [-0.2, -0.15) is 0 Å². The van der Waals surface area contributed by atoms with Gasteiger partial charge in [0, 0.05) is 29.5 Å². The van der Waals surface area contributed by atoms with Crippen LogP contribution in [0.5, 0.6) is 0 Å². The van der Waals surface area contributed by atoms with Gasteiger partial charge in [0.25, 0.3) is 0 Å². The van der Waals surface area contributed by atoms with E-state index < -0.39 is 0 Å². The molecule has 0 aliphatic carbocycles. The highest BCUT2D eigenvalue weighted by molar-refractivity contribution is 5.84. The molecule has 1 aromatic carbocycles. The molecule has 84 valence electrons. The van der Waals surface area contributed by atoms with E-state index in [2.05, 4.69) is 22.1 Å². The summed E-state index contributed by atoms with van der Waals surface area (Å²) >= 11 is 0. The molecule has 0 saturated carbocycles. The van der Waals surface area contributed by atoms with Gasteiger partial charge in [0.1, 0.15) is 0 Å². The second-order valence-corrected chi connectivity index (χ2v) is 4.05. The third-order valence-corrected chi connectivity index (χ3v) is 3.00. The monoisotopic (exact) mass is 223 g/mol. The van der Waals surface area contributed by atoms with Crippen LogP contribution in [0.15, 0.2) is 55.0 Å². The van der Waals surface area contributed by atoms with Gasteiger partial charge in [-0.25, -0.2) is 0 Å². The third-order valence-electron chi connectivity index (χ3n) is 3.00. The van der Waals surface area contributed by atoms with Gasteiger partial charge >= 0.3 is 0 Å². The molecule has 0 spiro atoms. The zero-order chi connectivity index (χ0) is 11.7. The summed E-state index contributed by atoms with van der Waals surface area (Å²) in [6, 6.07) is 11.9. The maximum atomic E-state index is 6.27. The van der Waals surface area contributed by atoms with Gasteiger partial charge < -0.3 is 10.7 Å². The lowest BCUT2D eigenvalue weighted by Gasteiger charge is -2.10. The number of hydrogen-bond donors (Lipinski definition) is 2. The molecular weight excluding hydrogens is 210 g/mol. The van der Waals surface area contributed by atoms with Crippen molar-refractivity contribution in [1.29, 1.82) is 0 Å². The standard InChI is InChI=1S/C14H13N3/c15-14(10-4-3-7-16-8-10)12-9-17-13-6-2-1-5-11(12)13/h1-9,14,17H,15H2. The van der Waals surface area contributed by atoms with Crippen molar-refractivity contribution in [2.45, 2.75) is 6.04 Å². The van der Waals surface area contributed by atoms with E-state index in [1.807, 2.05) is 36.7 Å². The van der Waals surface area contributed by atoms with Crippen molar-refractivity contribution in [2.75, 3.05) is 0 Å². The first-order valence-electron chi connectivity index (χ1n) is 5.58. The third kappa shape index (κ3) is 1.70. The van der Waals surface area contributed by atoms with Crippen molar-refractivity contribution < 1.29 is 0 Å². The van der Waals surface area contributed by atoms with Crippen LogP contribution in [0.25, 0.3) is 10.9 Å². The van der Waals surface area contributed by atoms with Crippen LogP contribution in [0.1, 0.15) is 17.2 Å². The number of aromatic amines is 1. The molecule has 0 amide bonds. The summed E-state index contributed by atoms with van der Waals surface area (Å²) in [5, 5.41) is 1.17. The molecule has 3 rings (SSSR count). The average Bonchev–Trinajstić information content (AvgIpc) is 2.83. The number of H-pyrrole nitrogens is 1. The zero-order valence-corrected chi connectivity index (χ0v) is 9.30. The molecule has 3 aromatic rings. The van der Waals surface area contributed by atoms with E-state index in [0.717, 1.165) is 16.6 Å². The number of aromatic nitrogens is 2. The quantitative estimate of drug-likeness (QED) is 0.701. The first-order chi connectivity index (χ1) is 8.36. The number of benzene rings is 1. The average molecular weight is 223 g/mol. The van der Waals surface area contributed by atoms with Crippen molar-refractivity contribution in [1.82, 2.24) is 9.97 Å². The Labute approximate surface area is 99.3 Å². The number of para-hydroxylation sites is 1. The lowest BCUT2D eigenvalue weighted by Crippen LogP contribution is -2.11. The molecule has 0 saturated heterocycles. The predicted molar refractivity (Wildman–Crippen MR) is 68.6 cm³/mol. The maximum absolute atomic E-state index is 6.27. The Balaban J connectivity index is 2.10. The number of nitrogens with two attached hydrogens (primary N) is 1. The van der Waals surface area contributed by atoms with Gasteiger partial charge in [0.05, 0.1) is 6.04 Å². The van der Waals surface area contributed by atoms with Crippen LogP contribution in [-0.4, -0.2) is 9.97 Å². The Morgan fingerprint density at radius 1 is 1.12 bits per heavy atom. The summed E-state index contributed by atoms with van der Waals surface area (Å²) < 4.78 is 0. The van der Waals surface area contributed by atoms with Crippen molar-refractivity contribution in [2.24, 2.45) is 5.73 Å². The maximum Gasteiger partial charge on any atom is 0.0588 e. The Morgan fingerprint density at radius 2 is 2.00 bits per heavy atom. The van der Waals surface area contributed by atoms with Crippen molar-refractivity contribution in [3.8, 4) is 0 Å². The summed E-state index contributed by atoms with van der Waals surface area (Å²) in [5.74, 6) is 0. The largest absolute Gasteiger partial charge is 0.361 e. The van der Waals surface area contributed by atoms with Crippen LogP contribution >= 0.6 is 0 Å². The van der Waals surface area contributed by atoms with E-state index in [4.69, 9.17) is 5.73 Å². The SMILES string of the molecule is NC(c1cccnc1)c1c[nH]c2ccccc12. The van der Waals surface area contributed by atoms with Crippen molar-refractivity contribution in [3.05, 3.63) is 66.1 Å². The second kappa shape index (κ2) is 4.03. The predicted octanol–water partition coefficient (Wildman–Crippen LogP) is 2.61. The number of hydrogen-bond acceptors (Lipinski definition) is 2. The van der Waals surface area contributed by atoms with E-state index >= 15 is 0 Å². The highest BCUT2D eigenvalue weighted by atomic mass is 14.7. The molecule has 0 fully saturated rings. The molecule has 1 unspecified atom stereocenters. The fourth-order valence-corrected chi connectivity index (χ4v) is 2.09. The molecule has 0 aliphatic heterocycles. The van der Waals surface area contributed by atoms with E-state index in [1.165, 1.54) is 5.39 Å². The molecule has 2 heterocycles. The lowest BCUT2D eigenvalue weighted by atomic mass is 10.0. The van der Waals surface area contributed by atoms with Gasteiger partial charge in [-0.05, 0) is 23.3 Å². The van der Waals surface area contributed by atoms with Crippen LogP contribution in [0.4, 0.5) is 0 Å². The smallest absolute Gasteiger partial charge is 0.0588 e. The van der Waals surface area contributed by atoms with E-state index in [1.54, 1.807) is 6.20 Å². The highest BCUT2D eigenvalue weighted by Gasteiger charge is 2.13. The lowest BCUT2D eigenvalue weighted by molar-refractivity contribution is 0.871.